The van der Waals surface area contributed by atoms with E-state index in [0.29, 0.717) is 36.1 Å². The molecule has 3 rings (SSSR count). The van der Waals surface area contributed by atoms with Crippen LogP contribution in [0.4, 0.5) is 5.69 Å². The Hall–Kier alpha value is -2.50. The van der Waals surface area contributed by atoms with E-state index in [2.05, 4.69) is 10.4 Å². The van der Waals surface area contributed by atoms with Crippen LogP contribution in [0.3, 0.4) is 0 Å². The van der Waals surface area contributed by atoms with Gasteiger partial charge in [-0.2, -0.15) is 5.10 Å². The molecule has 2 heterocycles. The average molecular weight is 273 g/mol. The lowest BCUT2D eigenvalue weighted by atomic mass is 10.2. The van der Waals surface area contributed by atoms with Crippen LogP contribution in [0.15, 0.2) is 30.5 Å². The van der Waals surface area contributed by atoms with Crippen molar-refractivity contribution in [3.05, 3.63) is 36.2 Å². The molecule has 1 aromatic carbocycles. The zero-order chi connectivity index (χ0) is 13.9. The molecule has 0 saturated heterocycles. The normalized spacial score (nSPS) is 13.1. The van der Waals surface area contributed by atoms with E-state index in [9.17, 15) is 4.79 Å². The first-order valence-electron chi connectivity index (χ1n) is 6.50. The third-order valence-corrected chi connectivity index (χ3v) is 3.00. The Morgan fingerprint density at radius 3 is 2.85 bits per heavy atom. The van der Waals surface area contributed by atoms with Crippen LogP contribution >= 0.6 is 0 Å². The Morgan fingerprint density at radius 1 is 1.30 bits per heavy atom. The highest BCUT2D eigenvalue weighted by Gasteiger charge is 2.14. The molecule has 1 aliphatic rings. The third kappa shape index (κ3) is 2.45. The van der Waals surface area contributed by atoms with E-state index in [-0.39, 0.29) is 5.91 Å². The highest BCUT2D eigenvalue weighted by atomic mass is 16.6. The minimum absolute atomic E-state index is 0.242. The maximum Gasteiger partial charge on any atom is 0.276 e. The lowest BCUT2D eigenvalue weighted by Gasteiger charge is -2.18. The molecule has 2 aromatic rings. The van der Waals surface area contributed by atoms with Gasteiger partial charge in [-0.15, -0.1) is 0 Å². The Labute approximate surface area is 116 Å². The van der Waals surface area contributed by atoms with E-state index in [1.807, 2.05) is 6.92 Å². The summed E-state index contributed by atoms with van der Waals surface area (Å²) in [5, 5.41) is 6.96. The predicted molar refractivity (Wildman–Crippen MR) is 73.3 cm³/mol. The van der Waals surface area contributed by atoms with Crippen LogP contribution in [-0.2, 0) is 6.54 Å². The van der Waals surface area contributed by atoms with Crippen LogP contribution in [0.5, 0.6) is 11.5 Å². The van der Waals surface area contributed by atoms with Crippen molar-refractivity contribution in [1.29, 1.82) is 0 Å². The Bertz CT molecular complexity index is 636. The number of nitrogens with one attached hydrogen (secondary N) is 1. The summed E-state index contributed by atoms with van der Waals surface area (Å²) in [6.07, 6.45) is 1.78. The standard InChI is InChI=1S/C14H15N3O3/c1-2-17-6-5-11(16-17)14(18)15-10-3-4-12-13(9-10)20-8-7-19-12/h3-6,9H,2,7-8H2,1H3,(H,15,18). The summed E-state index contributed by atoms with van der Waals surface area (Å²) in [6, 6.07) is 7.01. The molecule has 0 atom stereocenters. The van der Waals surface area contributed by atoms with Crippen molar-refractivity contribution >= 4 is 11.6 Å². The highest BCUT2D eigenvalue weighted by Crippen LogP contribution is 2.32. The molecular weight excluding hydrogens is 258 g/mol. The minimum Gasteiger partial charge on any atom is -0.486 e. The van der Waals surface area contributed by atoms with Crippen LogP contribution in [0.25, 0.3) is 0 Å². The molecule has 0 spiro atoms. The number of hydrogen-bond donors (Lipinski definition) is 1. The first-order valence-corrected chi connectivity index (χ1v) is 6.50. The number of nitrogens with zero attached hydrogens (tertiary/aromatic N) is 2. The van der Waals surface area contributed by atoms with Gasteiger partial charge in [-0.1, -0.05) is 0 Å². The summed E-state index contributed by atoms with van der Waals surface area (Å²) in [7, 11) is 0. The molecule has 0 unspecified atom stereocenters. The lowest BCUT2D eigenvalue weighted by molar-refractivity contribution is 0.102. The number of aryl methyl sites for hydroxylation is 1. The predicted octanol–water partition coefficient (Wildman–Crippen LogP) is 1.93. The Morgan fingerprint density at radius 2 is 2.10 bits per heavy atom. The molecule has 6 heteroatoms. The maximum absolute atomic E-state index is 12.1. The molecule has 1 amide bonds. The van der Waals surface area contributed by atoms with Gasteiger partial charge in [0.25, 0.3) is 5.91 Å². The van der Waals surface area contributed by atoms with E-state index in [1.54, 1.807) is 35.1 Å². The van der Waals surface area contributed by atoms with E-state index < -0.39 is 0 Å². The van der Waals surface area contributed by atoms with E-state index in [0.717, 1.165) is 6.54 Å². The van der Waals surface area contributed by atoms with Crippen LogP contribution < -0.4 is 14.8 Å². The number of carbonyl (C=O) groups excluding carboxylic acids is 1. The summed E-state index contributed by atoms with van der Waals surface area (Å²) >= 11 is 0. The molecule has 104 valence electrons. The summed E-state index contributed by atoms with van der Waals surface area (Å²) in [6.45, 7) is 3.77. The number of ether oxygens (including phenoxy) is 2. The number of aromatic nitrogens is 2. The summed E-state index contributed by atoms with van der Waals surface area (Å²) < 4.78 is 12.6. The van der Waals surface area contributed by atoms with Crippen LogP contribution in [0.2, 0.25) is 0 Å². The zero-order valence-corrected chi connectivity index (χ0v) is 11.1. The van der Waals surface area contributed by atoms with Crippen molar-refractivity contribution in [2.75, 3.05) is 18.5 Å². The van der Waals surface area contributed by atoms with E-state index in [1.165, 1.54) is 0 Å². The number of rotatable bonds is 3. The molecule has 0 radical (unpaired) electrons. The topological polar surface area (TPSA) is 65.4 Å². The van der Waals surface area contributed by atoms with Gasteiger partial charge in [0.15, 0.2) is 17.2 Å². The average Bonchev–Trinajstić information content (AvgIpc) is 2.96. The maximum atomic E-state index is 12.1. The smallest absolute Gasteiger partial charge is 0.276 e. The van der Waals surface area contributed by atoms with Gasteiger partial charge in [-0.25, -0.2) is 0 Å². The first-order chi connectivity index (χ1) is 9.76. The number of benzene rings is 1. The fourth-order valence-corrected chi connectivity index (χ4v) is 1.98. The lowest BCUT2D eigenvalue weighted by Crippen LogP contribution is -2.16. The zero-order valence-electron chi connectivity index (χ0n) is 11.1. The molecule has 20 heavy (non-hydrogen) atoms. The van der Waals surface area contributed by atoms with Crippen molar-refractivity contribution in [3.8, 4) is 11.5 Å². The quantitative estimate of drug-likeness (QED) is 0.928. The second-order valence-electron chi connectivity index (χ2n) is 4.37. The molecule has 0 bridgehead atoms. The Balaban J connectivity index is 1.75. The first kappa shape index (κ1) is 12.5. The second-order valence-corrected chi connectivity index (χ2v) is 4.37. The van der Waals surface area contributed by atoms with Gasteiger partial charge >= 0.3 is 0 Å². The number of hydrogen-bond acceptors (Lipinski definition) is 4. The summed E-state index contributed by atoms with van der Waals surface area (Å²) in [5.74, 6) is 1.10. The van der Waals surface area contributed by atoms with Gasteiger partial charge in [0.05, 0.1) is 0 Å². The summed E-state index contributed by atoms with van der Waals surface area (Å²) in [5.41, 5.74) is 1.05. The van der Waals surface area contributed by atoms with Crippen LogP contribution in [0, 0.1) is 0 Å². The van der Waals surface area contributed by atoms with Crippen LogP contribution in [0.1, 0.15) is 17.4 Å². The molecule has 1 N–H and O–H groups in total. The number of fused-ring (bicyclic) bond motifs is 1. The summed E-state index contributed by atoms with van der Waals surface area (Å²) in [4.78, 5) is 12.1. The van der Waals surface area contributed by atoms with Gasteiger partial charge in [0.2, 0.25) is 0 Å². The van der Waals surface area contributed by atoms with Crippen molar-refractivity contribution in [1.82, 2.24) is 9.78 Å². The molecule has 1 aliphatic heterocycles. The molecule has 0 aliphatic carbocycles. The number of amides is 1. The van der Waals surface area contributed by atoms with Crippen LogP contribution in [-0.4, -0.2) is 28.9 Å². The molecule has 6 nitrogen and oxygen atoms in total. The van der Waals surface area contributed by atoms with Gasteiger partial charge in [0, 0.05) is 24.5 Å². The Kier molecular flexibility index (Phi) is 3.28. The highest BCUT2D eigenvalue weighted by molar-refractivity contribution is 6.02. The monoisotopic (exact) mass is 273 g/mol. The molecule has 0 saturated carbocycles. The number of carbonyl (C=O) groups is 1. The van der Waals surface area contributed by atoms with E-state index in [4.69, 9.17) is 9.47 Å². The number of anilines is 1. The van der Waals surface area contributed by atoms with Gasteiger partial charge < -0.3 is 14.8 Å². The van der Waals surface area contributed by atoms with Crippen molar-refractivity contribution < 1.29 is 14.3 Å². The molecular formula is C14H15N3O3. The van der Waals surface area contributed by atoms with Gasteiger partial charge in [-0.05, 0) is 25.1 Å². The van der Waals surface area contributed by atoms with Crippen molar-refractivity contribution in [3.63, 3.8) is 0 Å². The third-order valence-electron chi connectivity index (χ3n) is 3.00. The van der Waals surface area contributed by atoms with E-state index >= 15 is 0 Å². The second kappa shape index (κ2) is 5.24. The molecule has 0 fully saturated rings. The molecule has 1 aromatic heterocycles. The van der Waals surface area contributed by atoms with Gasteiger partial charge in [0.1, 0.15) is 13.2 Å². The van der Waals surface area contributed by atoms with Crippen molar-refractivity contribution in [2.45, 2.75) is 13.5 Å². The largest absolute Gasteiger partial charge is 0.486 e. The van der Waals surface area contributed by atoms with Crippen molar-refractivity contribution in [2.24, 2.45) is 0 Å². The minimum atomic E-state index is -0.242. The SMILES string of the molecule is CCn1ccc(C(=O)Nc2ccc3c(c2)OCCO3)n1. The van der Waals surface area contributed by atoms with Gasteiger partial charge in [-0.3, -0.25) is 9.48 Å². The fourth-order valence-electron chi connectivity index (χ4n) is 1.98. The fraction of sp³-hybridized carbons (Fsp3) is 0.286.